The highest BCUT2D eigenvalue weighted by Gasteiger charge is 2.10. The van der Waals surface area contributed by atoms with Crippen molar-refractivity contribution in [3.63, 3.8) is 0 Å². The van der Waals surface area contributed by atoms with Gasteiger partial charge >= 0.3 is 0 Å². The van der Waals surface area contributed by atoms with E-state index in [0.717, 1.165) is 24.4 Å². The molecule has 2 N–H and O–H groups in total. The normalized spacial score (nSPS) is 12.4. The quantitative estimate of drug-likeness (QED) is 0.849. The van der Waals surface area contributed by atoms with Crippen LogP contribution in [0.2, 0.25) is 0 Å². The third kappa shape index (κ3) is 4.85. The summed E-state index contributed by atoms with van der Waals surface area (Å²) < 4.78 is 5.44. The number of hydrogen-bond acceptors (Lipinski definition) is 4. The predicted octanol–water partition coefficient (Wildman–Crippen LogP) is 2.61. The van der Waals surface area contributed by atoms with Crippen molar-refractivity contribution in [3.05, 3.63) is 59.9 Å². The molecule has 4 nitrogen and oxygen atoms in total. The summed E-state index contributed by atoms with van der Waals surface area (Å²) in [6.45, 7) is 4.30. The molecule has 2 aromatic rings. The summed E-state index contributed by atoms with van der Waals surface area (Å²) in [5, 5.41) is 0. The molecule has 0 amide bonds. The summed E-state index contributed by atoms with van der Waals surface area (Å²) in [7, 11) is 2.07. The van der Waals surface area contributed by atoms with Crippen molar-refractivity contribution >= 4 is 0 Å². The van der Waals surface area contributed by atoms with Gasteiger partial charge in [0.2, 0.25) is 0 Å². The van der Waals surface area contributed by atoms with Crippen molar-refractivity contribution in [1.29, 1.82) is 0 Å². The van der Waals surface area contributed by atoms with E-state index in [4.69, 9.17) is 10.5 Å². The minimum absolute atomic E-state index is 0.0117. The molecule has 0 spiro atoms. The van der Waals surface area contributed by atoms with Gasteiger partial charge in [-0.1, -0.05) is 18.2 Å². The first-order valence-electron chi connectivity index (χ1n) is 7.25. The number of aromatic nitrogens is 1. The van der Waals surface area contributed by atoms with Crippen LogP contribution >= 0.6 is 0 Å². The Bertz CT molecular complexity index is 527. The molecule has 1 aromatic heterocycles. The number of benzene rings is 1. The highest BCUT2D eigenvalue weighted by Crippen LogP contribution is 2.17. The van der Waals surface area contributed by atoms with E-state index < -0.39 is 0 Å². The van der Waals surface area contributed by atoms with E-state index in [9.17, 15) is 0 Å². The molecule has 1 aromatic carbocycles. The highest BCUT2D eigenvalue weighted by molar-refractivity contribution is 5.29. The lowest BCUT2D eigenvalue weighted by Crippen LogP contribution is -2.28. The lowest BCUT2D eigenvalue weighted by atomic mass is 10.1. The molecular formula is C17H23N3O. The Labute approximate surface area is 126 Å². The van der Waals surface area contributed by atoms with Crippen LogP contribution in [-0.2, 0) is 6.54 Å². The van der Waals surface area contributed by atoms with E-state index in [1.54, 1.807) is 6.20 Å². The molecule has 1 atom stereocenters. The van der Waals surface area contributed by atoms with Gasteiger partial charge in [-0.2, -0.15) is 0 Å². The fourth-order valence-electron chi connectivity index (χ4n) is 2.29. The van der Waals surface area contributed by atoms with Crippen molar-refractivity contribution in [3.8, 4) is 5.75 Å². The largest absolute Gasteiger partial charge is 0.494 e. The molecule has 0 aliphatic heterocycles. The van der Waals surface area contributed by atoms with Crippen LogP contribution < -0.4 is 10.5 Å². The Hall–Kier alpha value is -1.91. The van der Waals surface area contributed by atoms with Crippen molar-refractivity contribution < 1.29 is 4.74 Å². The molecule has 0 aliphatic rings. The summed E-state index contributed by atoms with van der Waals surface area (Å²) >= 11 is 0. The van der Waals surface area contributed by atoms with E-state index in [1.807, 2.05) is 43.5 Å². The summed E-state index contributed by atoms with van der Waals surface area (Å²) in [5.41, 5.74) is 8.59. The Kier molecular flexibility index (Phi) is 5.72. The van der Waals surface area contributed by atoms with E-state index in [1.165, 1.54) is 5.56 Å². The van der Waals surface area contributed by atoms with Crippen LogP contribution in [0.1, 0.15) is 24.1 Å². The van der Waals surface area contributed by atoms with Gasteiger partial charge in [0.15, 0.2) is 0 Å². The fourth-order valence-corrected chi connectivity index (χ4v) is 2.29. The van der Waals surface area contributed by atoms with E-state index in [-0.39, 0.29) is 6.04 Å². The van der Waals surface area contributed by atoms with Gasteiger partial charge in [0.1, 0.15) is 5.75 Å². The zero-order chi connectivity index (χ0) is 15.1. The lowest BCUT2D eigenvalue weighted by molar-refractivity contribution is 0.304. The minimum Gasteiger partial charge on any atom is -0.494 e. The second-order valence-electron chi connectivity index (χ2n) is 5.17. The second-order valence-corrected chi connectivity index (χ2v) is 5.17. The Balaban J connectivity index is 1.89. The maximum absolute atomic E-state index is 6.28. The predicted molar refractivity (Wildman–Crippen MR) is 85.1 cm³/mol. The Morgan fingerprint density at radius 3 is 2.62 bits per heavy atom. The molecule has 0 bridgehead atoms. The van der Waals surface area contributed by atoms with Gasteiger partial charge in [0.05, 0.1) is 6.61 Å². The number of pyridine rings is 1. The van der Waals surface area contributed by atoms with Crippen LogP contribution in [0, 0.1) is 0 Å². The summed E-state index contributed by atoms with van der Waals surface area (Å²) in [6.07, 6.45) is 3.67. The number of hydrogen-bond donors (Lipinski definition) is 1. The molecule has 0 fully saturated rings. The molecule has 4 heteroatoms. The van der Waals surface area contributed by atoms with Crippen LogP contribution in [0.5, 0.6) is 5.75 Å². The van der Waals surface area contributed by atoms with Gasteiger partial charge in [-0.3, -0.25) is 4.98 Å². The monoisotopic (exact) mass is 285 g/mol. The Morgan fingerprint density at radius 2 is 2.00 bits per heavy atom. The van der Waals surface area contributed by atoms with Crippen LogP contribution in [0.3, 0.4) is 0 Å². The summed E-state index contributed by atoms with van der Waals surface area (Å²) in [5.74, 6) is 0.886. The number of nitrogens with two attached hydrogens (primary N) is 1. The molecule has 112 valence electrons. The Morgan fingerprint density at radius 1 is 1.24 bits per heavy atom. The van der Waals surface area contributed by atoms with E-state index in [0.29, 0.717) is 6.61 Å². The molecule has 2 rings (SSSR count). The van der Waals surface area contributed by atoms with Gasteiger partial charge in [0.25, 0.3) is 0 Å². The first-order valence-corrected chi connectivity index (χ1v) is 7.25. The lowest BCUT2D eigenvalue weighted by Gasteiger charge is -2.21. The van der Waals surface area contributed by atoms with Gasteiger partial charge in [0, 0.05) is 31.5 Å². The maximum Gasteiger partial charge on any atom is 0.119 e. The van der Waals surface area contributed by atoms with Crippen molar-refractivity contribution in [1.82, 2.24) is 9.88 Å². The van der Waals surface area contributed by atoms with Gasteiger partial charge in [-0.15, -0.1) is 0 Å². The van der Waals surface area contributed by atoms with Crippen molar-refractivity contribution in [2.45, 2.75) is 19.5 Å². The maximum atomic E-state index is 6.28. The second kappa shape index (κ2) is 7.76. The SMILES string of the molecule is CCOc1ccc(C(N)CN(C)Cc2cccnc2)cc1. The van der Waals surface area contributed by atoms with E-state index >= 15 is 0 Å². The third-order valence-corrected chi connectivity index (χ3v) is 3.30. The average molecular weight is 285 g/mol. The van der Waals surface area contributed by atoms with Crippen LogP contribution in [0.15, 0.2) is 48.8 Å². The standard InChI is InChI=1S/C17H23N3O/c1-3-21-16-8-6-15(7-9-16)17(18)13-20(2)12-14-5-4-10-19-11-14/h4-11,17H,3,12-13,18H2,1-2H3. The van der Waals surface area contributed by atoms with Crippen LogP contribution in [0.25, 0.3) is 0 Å². The zero-order valence-corrected chi connectivity index (χ0v) is 12.7. The first kappa shape index (κ1) is 15.5. The average Bonchev–Trinajstić information content (AvgIpc) is 2.49. The molecule has 0 radical (unpaired) electrons. The summed E-state index contributed by atoms with van der Waals surface area (Å²) in [6, 6.07) is 12.0. The van der Waals surface area contributed by atoms with Gasteiger partial charge < -0.3 is 15.4 Å². The molecule has 0 saturated carbocycles. The molecular weight excluding hydrogens is 262 g/mol. The number of nitrogens with zero attached hydrogens (tertiary/aromatic N) is 2. The van der Waals surface area contributed by atoms with Crippen molar-refractivity contribution in [2.24, 2.45) is 5.73 Å². The highest BCUT2D eigenvalue weighted by atomic mass is 16.5. The van der Waals surface area contributed by atoms with Gasteiger partial charge in [-0.25, -0.2) is 0 Å². The van der Waals surface area contributed by atoms with Crippen LogP contribution in [-0.4, -0.2) is 30.1 Å². The first-order chi connectivity index (χ1) is 10.2. The smallest absolute Gasteiger partial charge is 0.119 e. The topological polar surface area (TPSA) is 51.4 Å². The minimum atomic E-state index is -0.0117. The molecule has 21 heavy (non-hydrogen) atoms. The van der Waals surface area contributed by atoms with Gasteiger partial charge in [-0.05, 0) is 43.3 Å². The fraction of sp³-hybridized carbons (Fsp3) is 0.353. The number of likely N-dealkylation sites (N-methyl/N-ethyl adjacent to an activating group) is 1. The molecule has 0 aliphatic carbocycles. The number of ether oxygens (including phenoxy) is 1. The molecule has 1 heterocycles. The summed E-state index contributed by atoms with van der Waals surface area (Å²) in [4.78, 5) is 6.34. The number of rotatable bonds is 7. The zero-order valence-electron chi connectivity index (χ0n) is 12.7. The molecule has 1 unspecified atom stereocenters. The third-order valence-electron chi connectivity index (χ3n) is 3.30. The van der Waals surface area contributed by atoms with Crippen LogP contribution in [0.4, 0.5) is 0 Å². The van der Waals surface area contributed by atoms with Crippen molar-refractivity contribution in [2.75, 3.05) is 20.2 Å². The molecule has 0 saturated heterocycles. The van der Waals surface area contributed by atoms with E-state index in [2.05, 4.69) is 23.0 Å².